The minimum Gasteiger partial charge on any atom is -0.493 e. The summed E-state index contributed by atoms with van der Waals surface area (Å²) < 4.78 is 29.3. The second-order valence-electron chi connectivity index (χ2n) is 10.1. The molecular formula is C31H24N4O11S. The van der Waals surface area contributed by atoms with E-state index in [2.05, 4.69) is 4.99 Å². The van der Waals surface area contributed by atoms with Crippen LogP contribution in [0.3, 0.4) is 0 Å². The van der Waals surface area contributed by atoms with Crippen LogP contribution in [-0.4, -0.2) is 40.9 Å². The summed E-state index contributed by atoms with van der Waals surface area (Å²) in [5.74, 6) is 0.481. The molecule has 3 heterocycles. The molecule has 16 heteroatoms. The van der Waals surface area contributed by atoms with Crippen molar-refractivity contribution >= 4 is 34.8 Å². The van der Waals surface area contributed by atoms with Gasteiger partial charge < -0.3 is 23.7 Å². The summed E-state index contributed by atoms with van der Waals surface area (Å²) in [6, 6.07) is 12.0. The standard InChI is InChI=1S/C31H24N4O11S/c1-4-43-30(37)27-16(2)32-31-33(28(27)18-6-9-22-25(13-18)45-15-44-22)29(36)26(47-31)12-17-5-8-23(24(11-17)42-3)46-21-10-7-19(34(38)39)14-20(21)35(40)41/h5-14,28H,4,15H2,1-3H3/b26-12-/t28-/m1/s1. The summed E-state index contributed by atoms with van der Waals surface area (Å²) in [6.07, 6.45) is 1.62. The quantitative estimate of drug-likeness (QED) is 0.143. The molecule has 3 aromatic carbocycles. The van der Waals surface area contributed by atoms with Crippen LogP contribution in [0.1, 0.15) is 31.0 Å². The van der Waals surface area contributed by atoms with E-state index in [0.29, 0.717) is 37.7 Å². The van der Waals surface area contributed by atoms with E-state index in [1.54, 1.807) is 50.3 Å². The average Bonchev–Trinajstić information content (AvgIpc) is 3.64. The Bertz CT molecular complexity index is 2190. The molecule has 0 saturated carbocycles. The number of carbonyl (C=O) groups is 1. The number of non-ortho nitro benzene ring substituents is 1. The molecule has 240 valence electrons. The molecule has 0 spiro atoms. The molecular weight excluding hydrogens is 636 g/mol. The number of ether oxygens (including phenoxy) is 5. The summed E-state index contributed by atoms with van der Waals surface area (Å²) in [4.78, 5) is 53.3. The van der Waals surface area contributed by atoms with Crippen molar-refractivity contribution in [2.24, 2.45) is 4.99 Å². The Morgan fingerprint density at radius 3 is 2.53 bits per heavy atom. The van der Waals surface area contributed by atoms with Crippen molar-refractivity contribution < 1.29 is 38.3 Å². The zero-order chi connectivity index (χ0) is 33.4. The molecule has 1 atom stereocenters. The Hall–Kier alpha value is -6.03. The van der Waals surface area contributed by atoms with Crippen LogP contribution < -0.4 is 33.8 Å². The number of allylic oxidation sites excluding steroid dienone is 1. The van der Waals surface area contributed by atoms with Gasteiger partial charge in [-0.1, -0.05) is 23.5 Å². The van der Waals surface area contributed by atoms with Gasteiger partial charge in [-0.3, -0.25) is 29.6 Å². The summed E-state index contributed by atoms with van der Waals surface area (Å²) in [5.41, 5.74) is 0.280. The number of rotatable bonds is 9. The van der Waals surface area contributed by atoms with Gasteiger partial charge in [0.05, 0.1) is 51.5 Å². The van der Waals surface area contributed by atoms with Crippen molar-refractivity contribution in [3.63, 3.8) is 0 Å². The van der Waals surface area contributed by atoms with E-state index in [4.69, 9.17) is 23.7 Å². The van der Waals surface area contributed by atoms with E-state index in [1.807, 2.05) is 0 Å². The normalized spacial score (nSPS) is 15.1. The highest BCUT2D eigenvalue weighted by molar-refractivity contribution is 7.07. The number of fused-ring (bicyclic) bond motifs is 2. The fourth-order valence-electron chi connectivity index (χ4n) is 5.17. The third-order valence-electron chi connectivity index (χ3n) is 7.28. The molecule has 0 aliphatic carbocycles. The number of carbonyl (C=O) groups excluding carboxylic acids is 1. The average molecular weight is 661 g/mol. The highest BCUT2D eigenvalue weighted by atomic mass is 32.1. The molecule has 0 saturated heterocycles. The minimum atomic E-state index is -0.857. The molecule has 4 aromatic rings. The first-order chi connectivity index (χ1) is 22.6. The lowest BCUT2D eigenvalue weighted by Gasteiger charge is -2.24. The fraction of sp³-hybridized carbons (Fsp3) is 0.194. The van der Waals surface area contributed by atoms with Crippen LogP contribution in [0.5, 0.6) is 28.7 Å². The van der Waals surface area contributed by atoms with E-state index in [0.717, 1.165) is 29.5 Å². The number of thiazole rings is 1. The lowest BCUT2D eigenvalue weighted by molar-refractivity contribution is -0.394. The number of esters is 1. The van der Waals surface area contributed by atoms with Crippen LogP contribution >= 0.6 is 11.3 Å². The van der Waals surface area contributed by atoms with Crippen molar-refractivity contribution in [3.8, 4) is 28.7 Å². The van der Waals surface area contributed by atoms with Crippen molar-refractivity contribution in [1.82, 2.24) is 4.57 Å². The van der Waals surface area contributed by atoms with Crippen molar-refractivity contribution in [2.75, 3.05) is 20.5 Å². The number of nitro benzene ring substituents is 2. The predicted octanol–water partition coefficient (Wildman–Crippen LogP) is 4.14. The van der Waals surface area contributed by atoms with Crippen molar-refractivity contribution in [1.29, 1.82) is 0 Å². The van der Waals surface area contributed by atoms with Gasteiger partial charge >= 0.3 is 11.7 Å². The third kappa shape index (κ3) is 5.77. The number of hydrogen-bond donors (Lipinski definition) is 0. The second-order valence-corrected chi connectivity index (χ2v) is 11.1. The highest BCUT2D eigenvalue weighted by Crippen LogP contribution is 2.40. The summed E-state index contributed by atoms with van der Waals surface area (Å²) in [6.45, 7) is 3.56. The molecule has 1 aromatic heterocycles. The van der Waals surface area contributed by atoms with E-state index in [9.17, 15) is 29.8 Å². The molecule has 2 aliphatic heterocycles. The maximum Gasteiger partial charge on any atom is 0.338 e. The Morgan fingerprint density at radius 1 is 1.04 bits per heavy atom. The van der Waals surface area contributed by atoms with Crippen LogP contribution in [0.25, 0.3) is 6.08 Å². The van der Waals surface area contributed by atoms with Crippen LogP contribution in [-0.2, 0) is 9.53 Å². The Balaban J connectivity index is 1.41. The van der Waals surface area contributed by atoms with Gasteiger partial charge in [0, 0.05) is 6.07 Å². The van der Waals surface area contributed by atoms with Gasteiger partial charge in [-0.25, -0.2) is 9.79 Å². The van der Waals surface area contributed by atoms with Gasteiger partial charge in [0.15, 0.2) is 27.8 Å². The number of methoxy groups -OCH3 is 1. The monoisotopic (exact) mass is 660 g/mol. The Morgan fingerprint density at radius 2 is 1.81 bits per heavy atom. The van der Waals surface area contributed by atoms with E-state index in [-0.39, 0.29) is 36.2 Å². The molecule has 0 fully saturated rings. The molecule has 47 heavy (non-hydrogen) atoms. The number of nitro groups is 2. The van der Waals surface area contributed by atoms with Gasteiger partial charge in [-0.15, -0.1) is 0 Å². The maximum atomic E-state index is 14.0. The molecule has 6 rings (SSSR count). The molecule has 0 radical (unpaired) electrons. The van der Waals surface area contributed by atoms with Crippen LogP contribution in [0.15, 0.2) is 75.7 Å². The summed E-state index contributed by atoms with van der Waals surface area (Å²) >= 11 is 1.12. The number of hydrogen-bond acceptors (Lipinski definition) is 13. The van der Waals surface area contributed by atoms with Crippen molar-refractivity contribution in [3.05, 3.63) is 117 Å². The smallest absolute Gasteiger partial charge is 0.338 e. The van der Waals surface area contributed by atoms with Gasteiger partial charge in [-0.2, -0.15) is 0 Å². The SMILES string of the molecule is CCOC(=O)C1=C(C)N=c2s/c(=C\c3ccc(Oc4ccc([N+](=O)[O-])cc4[N+](=O)[O-])c(OC)c3)c(=O)n2[C@@H]1c1ccc2c(c1)OCO2. The number of aromatic nitrogens is 1. The summed E-state index contributed by atoms with van der Waals surface area (Å²) in [7, 11) is 1.37. The Kier molecular flexibility index (Phi) is 8.17. The van der Waals surface area contributed by atoms with Crippen molar-refractivity contribution in [2.45, 2.75) is 19.9 Å². The maximum absolute atomic E-state index is 14.0. The van der Waals surface area contributed by atoms with Gasteiger partial charge in [0.1, 0.15) is 0 Å². The van der Waals surface area contributed by atoms with Crippen LogP contribution in [0, 0.1) is 20.2 Å². The topological polar surface area (TPSA) is 184 Å². The highest BCUT2D eigenvalue weighted by Gasteiger charge is 2.34. The zero-order valence-corrected chi connectivity index (χ0v) is 25.8. The first-order valence-electron chi connectivity index (χ1n) is 14.0. The molecule has 0 unspecified atom stereocenters. The lowest BCUT2D eigenvalue weighted by atomic mass is 9.95. The third-order valence-corrected chi connectivity index (χ3v) is 8.27. The zero-order valence-electron chi connectivity index (χ0n) is 25.0. The van der Waals surface area contributed by atoms with Gasteiger partial charge in [-0.05, 0) is 61.4 Å². The van der Waals surface area contributed by atoms with Gasteiger partial charge in [0.25, 0.3) is 11.2 Å². The minimum absolute atomic E-state index is 0.0548. The Labute approximate surface area is 268 Å². The van der Waals surface area contributed by atoms with E-state index < -0.39 is 38.8 Å². The second kappa shape index (κ2) is 12.4. The van der Waals surface area contributed by atoms with Crippen LogP contribution in [0.2, 0.25) is 0 Å². The van der Waals surface area contributed by atoms with E-state index >= 15 is 0 Å². The number of nitrogens with zero attached hydrogens (tertiary/aromatic N) is 4. The lowest BCUT2D eigenvalue weighted by Crippen LogP contribution is -2.39. The van der Waals surface area contributed by atoms with Crippen LogP contribution in [0.4, 0.5) is 11.4 Å². The largest absolute Gasteiger partial charge is 0.493 e. The predicted molar refractivity (Wildman–Crippen MR) is 166 cm³/mol. The van der Waals surface area contributed by atoms with Gasteiger partial charge in [0.2, 0.25) is 12.5 Å². The molecule has 15 nitrogen and oxygen atoms in total. The first-order valence-corrected chi connectivity index (χ1v) is 14.8. The van der Waals surface area contributed by atoms with E-state index in [1.165, 1.54) is 17.7 Å². The number of benzene rings is 3. The first kappa shape index (κ1) is 31.0. The molecule has 0 N–H and O–H groups in total. The molecule has 0 amide bonds. The molecule has 2 aliphatic rings. The molecule has 0 bridgehead atoms. The summed E-state index contributed by atoms with van der Waals surface area (Å²) in [5, 5.41) is 22.7. The fourth-order valence-corrected chi connectivity index (χ4v) is 6.21.